The van der Waals surface area contributed by atoms with Gasteiger partial charge in [0, 0.05) is 29.4 Å². The van der Waals surface area contributed by atoms with Crippen molar-refractivity contribution in [2.45, 2.75) is 31.6 Å². The van der Waals surface area contributed by atoms with Gasteiger partial charge in [0.2, 0.25) is 5.91 Å². The molecule has 26 heavy (non-hydrogen) atoms. The van der Waals surface area contributed by atoms with Gasteiger partial charge in [-0.15, -0.1) is 0 Å². The van der Waals surface area contributed by atoms with Gasteiger partial charge in [0.15, 0.2) is 5.82 Å². The van der Waals surface area contributed by atoms with Gasteiger partial charge >= 0.3 is 0 Å². The van der Waals surface area contributed by atoms with Crippen molar-refractivity contribution in [3.05, 3.63) is 58.8 Å². The van der Waals surface area contributed by atoms with E-state index in [2.05, 4.69) is 20.6 Å². The Kier molecular flexibility index (Phi) is 4.24. The first-order valence-corrected chi connectivity index (χ1v) is 8.75. The van der Waals surface area contributed by atoms with Gasteiger partial charge in [-0.05, 0) is 38.0 Å². The zero-order valence-electron chi connectivity index (χ0n) is 14.0. The number of rotatable bonds is 5. The molecule has 1 aromatic carbocycles. The standard InChI is InChI=1S/C18H17ClFN5O/c1-10(18(26)22-17-7-16(23-24-17)11-2-3-11)12-8-21-25(9-12)13-4-5-15(20)14(19)6-13/h4-11H,2-3H2,1H3,(H2,22,23,24,26)/t10-/m1/s1. The van der Waals surface area contributed by atoms with Crippen LogP contribution in [-0.4, -0.2) is 25.9 Å². The SMILES string of the molecule is C[C@@H](C(=O)Nc1cc(C2CC2)[nH]n1)c1cnn(-c2ccc(F)c(Cl)c2)c1. The molecule has 1 atom stereocenters. The molecule has 0 radical (unpaired) electrons. The van der Waals surface area contributed by atoms with Crippen LogP contribution in [0.4, 0.5) is 10.2 Å². The van der Waals surface area contributed by atoms with Gasteiger partial charge in [-0.1, -0.05) is 11.6 Å². The van der Waals surface area contributed by atoms with E-state index in [9.17, 15) is 9.18 Å². The maximum atomic E-state index is 13.3. The van der Waals surface area contributed by atoms with E-state index >= 15 is 0 Å². The molecule has 8 heteroatoms. The van der Waals surface area contributed by atoms with Crippen LogP contribution in [0.25, 0.3) is 5.69 Å². The molecule has 4 rings (SSSR count). The molecule has 2 N–H and O–H groups in total. The monoisotopic (exact) mass is 373 g/mol. The summed E-state index contributed by atoms with van der Waals surface area (Å²) >= 11 is 5.81. The highest BCUT2D eigenvalue weighted by atomic mass is 35.5. The summed E-state index contributed by atoms with van der Waals surface area (Å²) in [6, 6.07) is 6.23. The summed E-state index contributed by atoms with van der Waals surface area (Å²) in [5.74, 6) is 0.00388. The van der Waals surface area contributed by atoms with Crippen LogP contribution in [0.15, 0.2) is 36.7 Å². The molecule has 2 heterocycles. The van der Waals surface area contributed by atoms with Crippen LogP contribution in [0.3, 0.4) is 0 Å². The van der Waals surface area contributed by atoms with Crippen LogP contribution < -0.4 is 5.32 Å². The van der Waals surface area contributed by atoms with Crippen LogP contribution in [0, 0.1) is 5.82 Å². The zero-order chi connectivity index (χ0) is 18.3. The Bertz CT molecular complexity index is 962. The third-order valence-corrected chi connectivity index (χ3v) is 4.82. The molecule has 1 amide bonds. The average molecular weight is 374 g/mol. The Balaban J connectivity index is 1.46. The first kappa shape index (κ1) is 16.8. The minimum absolute atomic E-state index is 0.0235. The number of carbonyl (C=O) groups excluding carboxylic acids is 1. The van der Waals surface area contributed by atoms with Gasteiger partial charge < -0.3 is 5.32 Å². The molecule has 0 aliphatic heterocycles. The number of hydrogen-bond donors (Lipinski definition) is 2. The quantitative estimate of drug-likeness (QED) is 0.709. The molecule has 0 bridgehead atoms. The number of benzene rings is 1. The summed E-state index contributed by atoms with van der Waals surface area (Å²) in [4.78, 5) is 12.5. The lowest BCUT2D eigenvalue weighted by molar-refractivity contribution is -0.117. The normalized spacial score (nSPS) is 15.0. The van der Waals surface area contributed by atoms with Crippen molar-refractivity contribution in [1.82, 2.24) is 20.0 Å². The first-order valence-electron chi connectivity index (χ1n) is 8.37. The lowest BCUT2D eigenvalue weighted by Gasteiger charge is -2.08. The number of nitrogens with one attached hydrogen (secondary N) is 2. The van der Waals surface area contributed by atoms with Crippen LogP contribution in [0.2, 0.25) is 5.02 Å². The minimum Gasteiger partial charge on any atom is -0.309 e. The van der Waals surface area contributed by atoms with E-state index in [4.69, 9.17) is 11.6 Å². The Labute approximate surface area is 154 Å². The van der Waals surface area contributed by atoms with Gasteiger partial charge in [-0.3, -0.25) is 9.89 Å². The van der Waals surface area contributed by atoms with Crippen LogP contribution >= 0.6 is 11.6 Å². The second-order valence-electron chi connectivity index (χ2n) is 6.51. The zero-order valence-corrected chi connectivity index (χ0v) is 14.8. The third-order valence-electron chi connectivity index (χ3n) is 4.53. The van der Waals surface area contributed by atoms with E-state index in [1.807, 2.05) is 6.07 Å². The smallest absolute Gasteiger partial charge is 0.232 e. The van der Waals surface area contributed by atoms with Crippen molar-refractivity contribution in [2.24, 2.45) is 0 Å². The second kappa shape index (κ2) is 6.57. The van der Waals surface area contributed by atoms with Gasteiger partial charge in [0.1, 0.15) is 5.82 Å². The largest absolute Gasteiger partial charge is 0.309 e. The molecule has 2 aromatic heterocycles. The summed E-state index contributed by atoms with van der Waals surface area (Å²) in [5, 5.41) is 14.2. The van der Waals surface area contributed by atoms with Crippen molar-refractivity contribution in [2.75, 3.05) is 5.32 Å². The number of nitrogens with zero attached hydrogens (tertiary/aromatic N) is 3. The van der Waals surface area contributed by atoms with Crippen LogP contribution in [0.5, 0.6) is 0 Å². The number of anilines is 1. The van der Waals surface area contributed by atoms with Gasteiger partial charge in [-0.2, -0.15) is 10.2 Å². The number of hydrogen-bond acceptors (Lipinski definition) is 3. The van der Waals surface area contributed by atoms with Gasteiger partial charge in [0.25, 0.3) is 0 Å². The fraction of sp³-hybridized carbons (Fsp3) is 0.278. The maximum absolute atomic E-state index is 13.3. The molecular weight excluding hydrogens is 357 g/mol. The van der Waals surface area contributed by atoms with Gasteiger partial charge in [0.05, 0.1) is 22.8 Å². The van der Waals surface area contributed by atoms with Crippen LogP contribution in [-0.2, 0) is 4.79 Å². The van der Waals surface area contributed by atoms with Gasteiger partial charge in [-0.25, -0.2) is 9.07 Å². The molecule has 134 valence electrons. The van der Waals surface area contributed by atoms with E-state index < -0.39 is 11.7 Å². The molecule has 1 aliphatic rings. The highest BCUT2D eigenvalue weighted by Gasteiger charge is 2.26. The second-order valence-corrected chi connectivity index (χ2v) is 6.92. The molecule has 0 unspecified atom stereocenters. The number of H-pyrrole nitrogens is 1. The molecule has 6 nitrogen and oxygen atoms in total. The number of aromatic nitrogens is 4. The van der Waals surface area contributed by atoms with Crippen molar-refractivity contribution in [3.8, 4) is 5.69 Å². The molecule has 3 aromatic rings. The number of halogens is 2. The molecule has 1 aliphatic carbocycles. The topological polar surface area (TPSA) is 75.6 Å². The summed E-state index contributed by atoms with van der Waals surface area (Å²) in [5.41, 5.74) is 2.42. The molecule has 1 saturated carbocycles. The van der Waals surface area contributed by atoms with E-state index in [1.165, 1.54) is 25.0 Å². The highest BCUT2D eigenvalue weighted by Crippen LogP contribution is 2.39. The molecular formula is C18H17ClFN5O. The Morgan fingerprint density at radius 2 is 2.23 bits per heavy atom. The lowest BCUT2D eigenvalue weighted by Crippen LogP contribution is -2.18. The summed E-state index contributed by atoms with van der Waals surface area (Å²) in [6.45, 7) is 1.79. The number of amides is 1. The van der Waals surface area contributed by atoms with E-state index in [-0.39, 0.29) is 10.9 Å². The first-order chi connectivity index (χ1) is 12.5. The molecule has 1 fully saturated rings. The van der Waals surface area contributed by atoms with E-state index in [0.29, 0.717) is 17.4 Å². The predicted molar refractivity (Wildman–Crippen MR) is 96.1 cm³/mol. The Hall–Kier alpha value is -2.67. The van der Waals surface area contributed by atoms with Crippen molar-refractivity contribution in [1.29, 1.82) is 0 Å². The van der Waals surface area contributed by atoms with Crippen molar-refractivity contribution >= 4 is 23.3 Å². The fourth-order valence-electron chi connectivity index (χ4n) is 2.72. The third kappa shape index (κ3) is 3.35. The summed E-state index contributed by atoms with van der Waals surface area (Å²) in [6.07, 6.45) is 5.67. The maximum Gasteiger partial charge on any atom is 0.232 e. The van der Waals surface area contributed by atoms with Crippen LogP contribution in [0.1, 0.15) is 42.9 Å². The predicted octanol–water partition coefficient (Wildman–Crippen LogP) is 4.01. The Morgan fingerprint density at radius 3 is 2.96 bits per heavy atom. The highest BCUT2D eigenvalue weighted by molar-refractivity contribution is 6.30. The van der Waals surface area contributed by atoms with E-state index in [0.717, 1.165) is 11.3 Å². The molecule has 0 saturated heterocycles. The Morgan fingerprint density at radius 1 is 1.42 bits per heavy atom. The molecule has 0 spiro atoms. The number of aromatic amines is 1. The summed E-state index contributed by atoms with van der Waals surface area (Å²) < 4.78 is 14.9. The van der Waals surface area contributed by atoms with Crippen molar-refractivity contribution < 1.29 is 9.18 Å². The lowest BCUT2D eigenvalue weighted by atomic mass is 10.0. The van der Waals surface area contributed by atoms with Crippen molar-refractivity contribution in [3.63, 3.8) is 0 Å². The number of carbonyl (C=O) groups is 1. The fourth-order valence-corrected chi connectivity index (χ4v) is 2.89. The summed E-state index contributed by atoms with van der Waals surface area (Å²) in [7, 11) is 0. The average Bonchev–Trinajstić information content (AvgIpc) is 3.17. The minimum atomic E-state index is -0.486. The van der Waals surface area contributed by atoms with E-state index in [1.54, 1.807) is 30.1 Å².